The molecule has 2 aromatic rings. The topological polar surface area (TPSA) is 67.4 Å². The summed E-state index contributed by atoms with van der Waals surface area (Å²) >= 11 is 0. The second kappa shape index (κ2) is 7.31. The number of rotatable bonds is 4. The Labute approximate surface area is 163 Å². The average molecular weight is 391 g/mol. The van der Waals surface area contributed by atoms with Crippen LogP contribution in [0.15, 0.2) is 18.2 Å². The van der Waals surface area contributed by atoms with Crippen LogP contribution in [0.3, 0.4) is 0 Å². The quantitative estimate of drug-likeness (QED) is 0.870. The molecule has 6 nitrogen and oxygen atoms in total. The van der Waals surface area contributed by atoms with Crippen LogP contribution < -0.4 is 10.6 Å². The molecule has 1 saturated carbocycles. The second-order valence-electron chi connectivity index (χ2n) is 8.14. The summed E-state index contributed by atoms with van der Waals surface area (Å²) in [5, 5.41) is 0. The fourth-order valence-corrected chi connectivity index (χ4v) is 4.47. The second-order valence-corrected chi connectivity index (χ2v) is 8.14. The molecule has 2 N–H and O–H groups in total. The summed E-state index contributed by atoms with van der Waals surface area (Å²) in [5.41, 5.74) is 8.09. The van der Waals surface area contributed by atoms with Crippen molar-refractivity contribution in [2.45, 2.75) is 38.0 Å². The highest BCUT2D eigenvalue weighted by atomic mass is 19.3. The standard InChI is InChI=1S/C20H27F2N5O/c1-25-9-11-26(12-10-25)15-3-2-4-16-18(15)24-17(27(16)19(23)28)6-5-14-7-8-20(21,22)13-14/h2-4,14H,5-13H2,1H3,(H2,23,28). The molecule has 152 valence electrons. The number of carbonyl (C=O) groups is 1. The van der Waals surface area contributed by atoms with Crippen LogP contribution in [0.1, 0.15) is 31.5 Å². The van der Waals surface area contributed by atoms with E-state index in [4.69, 9.17) is 10.7 Å². The van der Waals surface area contributed by atoms with Gasteiger partial charge in [-0.1, -0.05) is 6.07 Å². The zero-order chi connectivity index (χ0) is 19.9. The monoisotopic (exact) mass is 391 g/mol. The number of piperazine rings is 1. The number of amides is 1. The van der Waals surface area contributed by atoms with Crippen LogP contribution in [0.5, 0.6) is 0 Å². The molecular formula is C20H27F2N5O. The number of imidazole rings is 1. The van der Waals surface area contributed by atoms with Crippen molar-refractivity contribution in [1.82, 2.24) is 14.5 Å². The molecular weight excluding hydrogens is 364 g/mol. The number of aromatic nitrogens is 2. The number of nitrogens with zero attached hydrogens (tertiary/aromatic N) is 4. The lowest BCUT2D eigenvalue weighted by molar-refractivity contribution is 0.00470. The number of likely N-dealkylation sites (N-methyl/N-ethyl adjacent to an activating group) is 1. The average Bonchev–Trinajstić information content (AvgIpc) is 3.19. The molecule has 8 heteroatoms. The number of hydrogen-bond donors (Lipinski definition) is 1. The van der Waals surface area contributed by atoms with Gasteiger partial charge in [-0.15, -0.1) is 0 Å². The Morgan fingerprint density at radius 2 is 2.04 bits per heavy atom. The Morgan fingerprint density at radius 3 is 2.68 bits per heavy atom. The summed E-state index contributed by atoms with van der Waals surface area (Å²) < 4.78 is 28.4. The molecule has 1 amide bonds. The van der Waals surface area contributed by atoms with Gasteiger partial charge < -0.3 is 15.5 Å². The molecule has 1 unspecified atom stereocenters. The summed E-state index contributed by atoms with van der Waals surface area (Å²) in [6.07, 6.45) is 1.47. The first-order valence-corrected chi connectivity index (χ1v) is 9.95. The highest BCUT2D eigenvalue weighted by Gasteiger charge is 2.39. The van der Waals surface area contributed by atoms with Crippen molar-refractivity contribution in [1.29, 1.82) is 0 Å². The first-order valence-electron chi connectivity index (χ1n) is 9.95. The number of aryl methyl sites for hydroxylation is 1. The molecule has 0 bridgehead atoms. The highest BCUT2D eigenvalue weighted by Crippen LogP contribution is 2.41. The predicted molar refractivity (Wildman–Crippen MR) is 105 cm³/mol. The number of halogens is 2. The van der Waals surface area contributed by atoms with Crippen molar-refractivity contribution in [2.24, 2.45) is 11.7 Å². The molecule has 28 heavy (non-hydrogen) atoms. The van der Waals surface area contributed by atoms with E-state index in [0.717, 1.165) is 37.4 Å². The van der Waals surface area contributed by atoms with Crippen LogP contribution in [0.25, 0.3) is 11.0 Å². The number of para-hydroxylation sites is 1. The van der Waals surface area contributed by atoms with Gasteiger partial charge in [-0.3, -0.25) is 0 Å². The van der Waals surface area contributed by atoms with Crippen molar-refractivity contribution in [3.05, 3.63) is 24.0 Å². The van der Waals surface area contributed by atoms with Gasteiger partial charge in [0.15, 0.2) is 0 Å². The predicted octanol–water partition coefficient (Wildman–Crippen LogP) is 3.08. The summed E-state index contributed by atoms with van der Waals surface area (Å²) in [7, 11) is 2.10. The van der Waals surface area contributed by atoms with Crippen LogP contribution in [-0.4, -0.2) is 59.6 Å². The number of benzene rings is 1. The van der Waals surface area contributed by atoms with Crippen LogP contribution in [0.4, 0.5) is 19.3 Å². The lowest BCUT2D eigenvalue weighted by Gasteiger charge is -2.34. The van der Waals surface area contributed by atoms with E-state index in [1.807, 2.05) is 18.2 Å². The minimum Gasteiger partial charge on any atom is -0.367 e. The van der Waals surface area contributed by atoms with Crippen molar-refractivity contribution in [3.63, 3.8) is 0 Å². The third-order valence-corrected chi connectivity index (χ3v) is 6.08. The van der Waals surface area contributed by atoms with E-state index >= 15 is 0 Å². The smallest absolute Gasteiger partial charge is 0.324 e. The first-order chi connectivity index (χ1) is 13.3. The zero-order valence-corrected chi connectivity index (χ0v) is 16.2. The number of fused-ring (bicyclic) bond motifs is 1. The maximum Gasteiger partial charge on any atom is 0.324 e. The molecule has 2 fully saturated rings. The zero-order valence-electron chi connectivity index (χ0n) is 16.2. The molecule has 2 aliphatic rings. The summed E-state index contributed by atoms with van der Waals surface area (Å²) in [6, 6.07) is 5.20. The Balaban J connectivity index is 1.62. The lowest BCUT2D eigenvalue weighted by Crippen LogP contribution is -2.44. The Morgan fingerprint density at radius 1 is 1.29 bits per heavy atom. The molecule has 1 aromatic carbocycles. The van der Waals surface area contributed by atoms with Crippen molar-refractivity contribution >= 4 is 22.8 Å². The normalized spacial score (nSPS) is 22.8. The summed E-state index contributed by atoms with van der Waals surface area (Å²) in [5.74, 6) is -2.02. The minimum absolute atomic E-state index is 0.0340. The maximum absolute atomic E-state index is 13.5. The molecule has 1 aliphatic carbocycles. The Hall–Kier alpha value is -2.22. The molecule has 2 heterocycles. The van der Waals surface area contributed by atoms with E-state index in [1.54, 1.807) is 0 Å². The fourth-order valence-electron chi connectivity index (χ4n) is 4.47. The minimum atomic E-state index is -2.55. The molecule has 1 aliphatic heterocycles. The van der Waals surface area contributed by atoms with E-state index in [-0.39, 0.29) is 18.8 Å². The van der Waals surface area contributed by atoms with Crippen molar-refractivity contribution in [3.8, 4) is 0 Å². The van der Waals surface area contributed by atoms with Crippen molar-refractivity contribution < 1.29 is 13.6 Å². The number of anilines is 1. The summed E-state index contributed by atoms with van der Waals surface area (Å²) in [6.45, 7) is 3.72. The van der Waals surface area contributed by atoms with Crippen LogP contribution in [0.2, 0.25) is 0 Å². The van der Waals surface area contributed by atoms with Gasteiger partial charge in [0.05, 0.1) is 11.2 Å². The van der Waals surface area contributed by atoms with E-state index in [2.05, 4.69) is 16.8 Å². The van der Waals surface area contributed by atoms with E-state index in [0.29, 0.717) is 30.6 Å². The number of nitrogens with two attached hydrogens (primary N) is 1. The van der Waals surface area contributed by atoms with Gasteiger partial charge in [0.25, 0.3) is 0 Å². The maximum atomic E-state index is 13.5. The van der Waals surface area contributed by atoms with Gasteiger partial charge in [-0.2, -0.15) is 0 Å². The van der Waals surface area contributed by atoms with Gasteiger partial charge in [0.2, 0.25) is 5.92 Å². The fraction of sp³-hybridized carbons (Fsp3) is 0.600. The highest BCUT2D eigenvalue weighted by molar-refractivity contribution is 5.95. The SMILES string of the molecule is CN1CCN(c2cccc3c2nc(CCC2CCC(F)(F)C2)n3C(N)=O)CC1. The van der Waals surface area contributed by atoms with E-state index in [1.165, 1.54) is 4.57 Å². The molecule has 1 saturated heterocycles. The number of carbonyl (C=O) groups excluding carboxylic acids is 1. The molecule has 0 radical (unpaired) electrons. The number of primary amides is 1. The van der Waals surface area contributed by atoms with E-state index in [9.17, 15) is 13.6 Å². The van der Waals surface area contributed by atoms with Gasteiger partial charge in [-0.05, 0) is 37.9 Å². The third-order valence-electron chi connectivity index (χ3n) is 6.08. The third kappa shape index (κ3) is 3.70. The molecule has 0 spiro atoms. The Bertz CT molecular complexity index is 873. The van der Waals surface area contributed by atoms with E-state index < -0.39 is 12.0 Å². The van der Waals surface area contributed by atoms with Crippen LogP contribution in [0, 0.1) is 5.92 Å². The van der Waals surface area contributed by atoms with Crippen molar-refractivity contribution in [2.75, 3.05) is 38.1 Å². The lowest BCUT2D eigenvalue weighted by atomic mass is 10.0. The molecule has 4 rings (SSSR count). The molecule has 1 aromatic heterocycles. The van der Waals surface area contributed by atoms with Gasteiger partial charge in [-0.25, -0.2) is 23.1 Å². The number of alkyl halides is 2. The van der Waals surface area contributed by atoms with Crippen LogP contribution >= 0.6 is 0 Å². The van der Waals surface area contributed by atoms with Crippen LogP contribution in [-0.2, 0) is 6.42 Å². The van der Waals surface area contributed by atoms with Gasteiger partial charge in [0.1, 0.15) is 11.3 Å². The largest absolute Gasteiger partial charge is 0.367 e. The number of hydrogen-bond acceptors (Lipinski definition) is 4. The first kappa shape index (κ1) is 19.1. The Kier molecular flexibility index (Phi) is 4.99. The summed E-state index contributed by atoms with van der Waals surface area (Å²) in [4.78, 5) is 21.4. The molecule has 1 atom stereocenters. The van der Waals surface area contributed by atoms with Gasteiger partial charge >= 0.3 is 6.03 Å². The van der Waals surface area contributed by atoms with Gasteiger partial charge in [0, 0.05) is 45.4 Å².